The minimum absolute atomic E-state index is 0.0122. The van der Waals surface area contributed by atoms with E-state index in [4.69, 9.17) is 9.47 Å². The molecule has 0 radical (unpaired) electrons. The first kappa shape index (κ1) is 23.5. The highest BCUT2D eigenvalue weighted by Crippen LogP contribution is 2.54. The summed E-state index contributed by atoms with van der Waals surface area (Å²) in [5.41, 5.74) is 7.44. The second-order valence-corrected chi connectivity index (χ2v) is 10.6. The molecule has 0 saturated heterocycles. The summed E-state index contributed by atoms with van der Waals surface area (Å²) in [5, 5.41) is 3.04. The van der Waals surface area contributed by atoms with E-state index in [0.29, 0.717) is 18.7 Å². The van der Waals surface area contributed by atoms with Crippen LogP contribution in [0.1, 0.15) is 43.7 Å². The van der Waals surface area contributed by atoms with Crippen LogP contribution < -0.4 is 19.7 Å². The molecule has 0 aliphatic carbocycles. The molecule has 6 nitrogen and oxygen atoms in total. The Morgan fingerprint density at radius 3 is 2.46 bits per heavy atom. The Bertz CT molecular complexity index is 1640. The molecular weight excluding hydrogens is 488 g/mol. The van der Waals surface area contributed by atoms with Crippen molar-refractivity contribution in [3.05, 3.63) is 118 Å². The van der Waals surface area contributed by atoms with E-state index in [1.54, 1.807) is 0 Å². The number of fused-ring (bicyclic) bond motifs is 5. The second kappa shape index (κ2) is 8.73. The van der Waals surface area contributed by atoms with E-state index in [2.05, 4.69) is 11.4 Å². The fraction of sp³-hybridized carbons (Fsp3) is 0.212. The lowest BCUT2D eigenvalue weighted by atomic mass is 9.76. The lowest BCUT2D eigenvalue weighted by Gasteiger charge is -2.23. The Balaban J connectivity index is 1.17. The van der Waals surface area contributed by atoms with Crippen LogP contribution in [0.4, 0.5) is 11.4 Å². The van der Waals surface area contributed by atoms with E-state index < -0.39 is 5.41 Å². The Morgan fingerprint density at radius 2 is 1.67 bits per heavy atom. The third-order valence-corrected chi connectivity index (χ3v) is 8.24. The van der Waals surface area contributed by atoms with Gasteiger partial charge in [-0.3, -0.25) is 9.59 Å². The number of carbonyl (C=O) groups excluding carboxylic acids is 2. The summed E-state index contributed by atoms with van der Waals surface area (Å²) in [6.45, 7) is 5.30. The molecule has 0 aromatic heterocycles. The summed E-state index contributed by atoms with van der Waals surface area (Å²) in [4.78, 5) is 29.1. The molecule has 1 atom stereocenters. The normalized spacial score (nSPS) is 18.4. The van der Waals surface area contributed by atoms with Gasteiger partial charge >= 0.3 is 0 Å². The van der Waals surface area contributed by atoms with E-state index >= 15 is 0 Å². The number of aryl methyl sites for hydroxylation is 2. The third-order valence-electron chi connectivity index (χ3n) is 8.24. The van der Waals surface area contributed by atoms with Crippen LogP contribution in [0.25, 0.3) is 0 Å². The molecule has 3 aliphatic heterocycles. The zero-order valence-electron chi connectivity index (χ0n) is 21.9. The third kappa shape index (κ3) is 3.55. The van der Waals surface area contributed by atoms with Gasteiger partial charge in [0.15, 0.2) is 0 Å². The van der Waals surface area contributed by atoms with Gasteiger partial charge in [0, 0.05) is 35.0 Å². The Labute approximate surface area is 227 Å². The van der Waals surface area contributed by atoms with E-state index in [1.807, 2.05) is 91.5 Å². The number of para-hydroxylation sites is 2. The number of amides is 2. The van der Waals surface area contributed by atoms with Crippen molar-refractivity contribution in [1.82, 2.24) is 0 Å². The number of nitrogens with zero attached hydrogens (tertiary/aromatic N) is 1. The molecule has 4 aromatic rings. The van der Waals surface area contributed by atoms with Crippen molar-refractivity contribution in [2.45, 2.75) is 32.2 Å². The fourth-order valence-electron chi connectivity index (χ4n) is 6.15. The SMILES string of the molecule is Cc1cccc(C)c1NC(=O)c1ccc(CN2C(=O)C3(COc4cc5c(cc43)CCO5)c3ccccc32)cc1. The topological polar surface area (TPSA) is 67.9 Å². The molecule has 3 heterocycles. The number of rotatable bonds is 4. The summed E-state index contributed by atoms with van der Waals surface area (Å²) in [6.07, 6.45) is 0.835. The van der Waals surface area contributed by atoms with Crippen LogP contribution in [-0.2, 0) is 23.2 Å². The van der Waals surface area contributed by atoms with Crippen LogP contribution in [0.3, 0.4) is 0 Å². The molecule has 0 saturated carbocycles. The number of ether oxygens (including phenoxy) is 2. The molecule has 3 aliphatic rings. The van der Waals surface area contributed by atoms with Crippen LogP contribution in [0, 0.1) is 13.8 Å². The maximum absolute atomic E-state index is 14.2. The van der Waals surface area contributed by atoms with Crippen LogP contribution in [0.2, 0.25) is 0 Å². The van der Waals surface area contributed by atoms with E-state index in [1.165, 1.54) is 0 Å². The summed E-state index contributed by atoms with van der Waals surface area (Å²) in [7, 11) is 0. The molecule has 0 fully saturated rings. The first-order valence-corrected chi connectivity index (χ1v) is 13.3. The lowest BCUT2D eigenvalue weighted by molar-refractivity contribution is -0.122. The van der Waals surface area contributed by atoms with Crippen molar-refractivity contribution < 1.29 is 19.1 Å². The average molecular weight is 517 g/mol. The van der Waals surface area contributed by atoms with Crippen molar-refractivity contribution in [3.63, 3.8) is 0 Å². The number of anilines is 2. The van der Waals surface area contributed by atoms with Crippen molar-refractivity contribution in [2.24, 2.45) is 0 Å². The second-order valence-electron chi connectivity index (χ2n) is 10.6. The van der Waals surface area contributed by atoms with Gasteiger partial charge in [-0.15, -0.1) is 0 Å². The maximum Gasteiger partial charge on any atom is 0.255 e. The van der Waals surface area contributed by atoms with Gasteiger partial charge < -0.3 is 19.7 Å². The van der Waals surface area contributed by atoms with Crippen molar-refractivity contribution in [2.75, 3.05) is 23.4 Å². The highest BCUT2D eigenvalue weighted by molar-refractivity contribution is 6.11. The molecule has 39 heavy (non-hydrogen) atoms. The number of benzene rings is 4. The Morgan fingerprint density at radius 1 is 0.897 bits per heavy atom. The van der Waals surface area contributed by atoms with E-state index in [0.717, 1.165) is 62.7 Å². The predicted octanol–water partition coefficient (Wildman–Crippen LogP) is 5.72. The Kier molecular flexibility index (Phi) is 5.27. The number of carbonyl (C=O) groups is 2. The van der Waals surface area contributed by atoms with Crippen molar-refractivity contribution in [3.8, 4) is 11.5 Å². The molecule has 1 unspecified atom stereocenters. The van der Waals surface area contributed by atoms with Crippen molar-refractivity contribution in [1.29, 1.82) is 0 Å². The van der Waals surface area contributed by atoms with Gasteiger partial charge in [0.1, 0.15) is 23.5 Å². The summed E-state index contributed by atoms with van der Waals surface area (Å²) in [5.74, 6) is 1.43. The summed E-state index contributed by atoms with van der Waals surface area (Å²) < 4.78 is 11.9. The van der Waals surface area contributed by atoms with E-state index in [-0.39, 0.29) is 18.4 Å². The molecule has 1 N–H and O–H groups in total. The summed E-state index contributed by atoms with van der Waals surface area (Å²) >= 11 is 0. The van der Waals surface area contributed by atoms with Gasteiger partial charge in [0.25, 0.3) is 5.91 Å². The van der Waals surface area contributed by atoms with E-state index in [9.17, 15) is 9.59 Å². The minimum Gasteiger partial charge on any atom is -0.493 e. The zero-order chi connectivity index (χ0) is 26.7. The van der Waals surface area contributed by atoms with Gasteiger partial charge in [0.2, 0.25) is 5.91 Å². The lowest BCUT2D eigenvalue weighted by Crippen LogP contribution is -2.42. The quantitative estimate of drug-likeness (QED) is 0.377. The number of hydrogen-bond donors (Lipinski definition) is 1. The predicted molar refractivity (Wildman–Crippen MR) is 150 cm³/mol. The zero-order valence-corrected chi connectivity index (χ0v) is 21.9. The molecular formula is C33H28N2O4. The molecule has 1 spiro atoms. The summed E-state index contributed by atoms with van der Waals surface area (Å²) in [6, 6.07) is 25.5. The van der Waals surface area contributed by atoms with Gasteiger partial charge in [-0.1, -0.05) is 48.5 Å². The number of nitrogens with one attached hydrogen (secondary N) is 1. The molecule has 0 bridgehead atoms. The standard InChI is InChI=1S/C33H28N2O4/c1-20-6-5-7-21(2)30(20)34-31(36)23-12-10-22(11-13-23)18-35-27-9-4-3-8-25(27)33(32(35)37)19-39-29-17-28-24(14-15-38-28)16-26(29)33/h3-13,16-17H,14-15,18-19H2,1-2H3,(H,34,36). The average Bonchev–Trinajstić information content (AvgIpc) is 3.62. The fourth-order valence-corrected chi connectivity index (χ4v) is 6.15. The number of hydrogen-bond acceptors (Lipinski definition) is 4. The van der Waals surface area contributed by atoms with Crippen molar-refractivity contribution >= 4 is 23.2 Å². The molecule has 4 aromatic carbocycles. The molecule has 6 heteroatoms. The van der Waals surface area contributed by atoms with Gasteiger partial charge in [-0.2, -0.15) is 0 Å². The molecule has 7 rings (SSSR count). The first-order valence-electron chi connectivity index (χ1n) is 13.3. The highest BCUT2D eigenvalue weighted by Gasteiger charge is 2.57. The largest absolute Gasteiger partial charge is 0.493 e. The Hall–Kier alpha value is -4.58. The monoisotopic (exact) mass is 516 g/mol. The maximum atomic E-state index is 14.2. The van der Waals surface area contributed by atoms with Crippen LogP contribution in [0.5, 0.6) is 11.5 Å². The molecule has 194 valence electrons. The van der Waals surface area contributed by atoms with Crippen LogP contribution in [-0.4, -0.2) is 25.0 Å². The van der Waals surface area contributed by atoms with Gasteiger partial charge in [-0.25, -0.2) is 0 Å². The first-order chi connectivity index (χ1) is 19.0. The minimum atomic E-state index is -0.866. The van der Waals surface area contributed by atoms with Crippen LogP contribution in [0.15, 0.2) is 78.9 Å². The van der Waals surface area contributed by atoms with Gasteiger partial charge in [0.05, 0.1) is 13.2 Å². The van der Waals surface area contributed by atoms with Crippen LogP contribution >= 0.6 is 0 Å². The molecule has 2 amide bonds. The van der Waals surface area contributed by atoms with Gasteiger partial charge in [-0.05, 0) is 65.9 Å². The smallest absolute Gasteiger partial charge is 0.255 e. The highest BCUT2D eigenvalue weighted by atomic mass is 16.5.